The van der Waals surface area contributed by atoms with E-state index in [-0.39, 0.29) is 23.3 Å². The summed E-state index contributed by atoms with van der Waals surface area (Å²) in [5, 5.41) is 2.97. The van der Waals surface area contributed by atoms with Crippen molar-refractivity contribution in [3.05, 3.63) is 30.3 Å². The van der Waals surface area contributed by atoms with E-state index in [0.717, 1.165) is 70.6 Å². The second-order valence-electron chi connectivity index (χ2n) is 8.60. The predicted molar refractivity (Wildman–Crippen MR) is 108 cm³/mol. The molecule has 6 heteroatoms. The number of para-hydroxylation sites is 1. The SMILES string of the molecule is O=C(CN1CCC2(CCC(=O)N(CC3CCCO3)C2)CC1)Nc1ccccc1. The van der Waals surface area contributed by atoms with Gasteiger partial charge in [-0.3, -0.25) is 14.5 Å². The number of amides is 2. The van der Waals surface area contributed by atoms with Gasteiger partial charge in [-0.1, -0.05) is 18.2 Å². The van der Waals surface area contributed by atoms with E-state index in [9.17, 15) is 9.59 Å². The molecule has 3 fully saturated rings. The Labute approximate surface area is 167 Å². The molecule has 1 spiro atoms. The molecule has 3 aliphatic rings. The Morgan fingerprint density at radius 3 is 2.68 bits per heavy atom. The van der Waals surface area contributed by atoms with Gasteiger partial charge >= 0.3 is 0 Å². The molecule has 1 atom stereocenters. The number of hydrogen-bond acceptors (Lipinski definition) is 4. The molecule has 4 rings (SSSR count). The van der Waals surface area contributed by atoms with Gasteiger partial charge < -0.3 is 15.0 Å². The molecular weight excluding hydrogens is 354 g/mol. The molecule has 1 aromatic rings. The van der Waals surface area contributed by atoms with Crippen molar-refractivity contribution in [2.45, 2.75) is 44.6 Å². The van der Waals surface area contributed by atoms with Crippen molar-refractivity contribution in [3.8, 4) is 0 Å². The predicted octanol–water partition coefficient (Wildman–Crippen LogP) is 2.51. The van der Waals surface area contributed by atoms with Crippen LogP contribution in [0.1, 0.15) is 38.5 Å². The van der Waals surface area contributed by atoms with Crippen molar-refractivity contribution in [1.29, 1.82) is 0 Å². The Balaban J connectivity index is 1.26. The van der Waals surface area contributed by atoms with Crippen molar-refractivity contribution >= 4 is 17.5 Å². The highest BCUT2D eigenvalue weighted by molar-refractivity contribution is 5.92. The molecule has 0 radical (unpaired) electrons. The number of hydrogen-bond donors (Lipinski definition) is 1. The van der Waals surface area contributed by atoms with Crippen LogP contribution in [0.15, 0.2) is 30.3 Å². The number of likely N-dealkylation sites (tertiary alicyclic amines) is 2. The molecule has 0 aliphatic carbocycles. The molecule has 28 heavy (non-hydrogen) atoms. The van der Waals surface area contributed by atoms with Gasteiger partial charge in [0, 0.05) is 31.8 Å². The summed E-state index contributed by atoms with van der Waals surface area (Å²) in [7, 11) is 0. The Morgan fingerprint density at radius 2 is 1.96 bits per heavy atom. The summed E-state index contributed by atoms with van der Waals surface area (Å²) < 4.78 is 5.74. The third kappa shape index (κ3) is 4.73. The lowest BCUT2D eigenvalue weighted by Crippen LogP contribution is -2.53. The van der Waals surface area contributed by atoms with Gasteiger partial charge in [-0.15, -0.1) is 0 Å². The fourth-order valence-electron chi connectivity index (χ4n) is 4.82. The minimum absolute atomic E-state index is 0.0426. The minimum atomic E-state index is 0.0426. The Bertz CT molecular complexity index is 680. The zero-order valence-corrected chi connectivity index (χ0v) is 16.6. The molecular formula is C22H31N3O3. The molecule has 0 saturated carbocycles. The number of benzene rings is 1. The molecule has 3 heterocycles. The molecule has 0 bridgehead atoms. The first kappa shape index (κ1) is 19.4. The summed E-state index contributed by atoms with van der Waals surface area (Å²) in [6.45, 7) is 4.72. The van der Waals surface area contributed by atoms with Gasteiger partial charge in [0.1, 0.15) is 0 Å². The van der Waals surface area contributed by atoms with Gasteiger partial charge in [0.05, 0.1) is 12.6 Å². The maximum Gasteiger partial charge on any atom is 0.238 e. The smallest absolute Gasteiger partial charge is 0.238 e. The standard InChI is InChI=1S/C22H31N3O3/c26-20(23-18-5-2-1-3-6-18)16-24-12-10-22(11-13-24)9-8-21(27)25(17-22)15-19-7-4-14-28-19/h1-3,5-6,19H,4,7-17H2,(H,23,26). The van der Waals surface area contributed by atoms with Gasteiger partial charge in [-0.2, -0.15) is 0 Å². The largest absolute Gasteiger partial charge is 0.376 e. The van der Waals surface area contributed by atoms with E-state index in [1.54, 1.807) is 0 Å². The quantitative estimate of drug-likeness (QED) is 0.846. The maximum atomic E-state index is 12.4. The van der Waals surface area contributed by atoms with Crippen LogP contribution in [-0.4, -0.2) is 67.0 Å². The van der Waals surface area contributed by atoms with Crippen molar-refractivity contribution in [3.63, 3.8) is 0 Å². The fraction of sp³-hybridized carbons (Fsp3) is 0.636. The third-order valence-corrected chi connectivity index (χ3v) is 6.54. The zero-order chi connectivity index (χ0) is 19.4. The topological polar surface area (TPSA) is 61.9 Å². The van der Waals surface area contributed by atoms with Crippen molar-refractivity contribution in [2.75, 3.05) is 44.6 Å². The molecule has 0 aromatic heterocycles. The summed E-state index contributed by atoms with van der Waals surface area (Å²) in [5.74, 6) is 0.326. The van der Waals surface area contributed by atoms with Crippen LogP contribution in [0.5, 0.6) is 0 Å². The fourth-order valence-corrected chi connectivity index (χ4v) is 4.82. The van der Waals surface area contributed by atoms with Crippen LogP contribution < -0.4 is 5.32 Å². The van der Waals surface area contributed by atoms with Crippen LogP contribution in [0.25, 0.3) is 0 Å². The Morgan fingerprint density at radius 1 is 1.18 bits per heavy atom. The molecule has 1 aromatic carbocycles. The summed E-state index contributed by atoms with van der Waals surface area (Å²) in [6.07, 6.45) is 6.15. The lowest BCUT2D eigenvalue weighted by atomic mass is 9.72. The molecule has 3 aliphatic heterocycles. The van der Waals surface area contributed by atoms with Gasteiger partial charge in [-0.25, -0.2) is 0 Å². The van der Waals surface area contributed by atoms with E-state index in [2.05, 4.69) is 15.1 Å². The van der Waals surface area contributed by atoms with Crippen LogP contribution in [0.2, 0.25) is 0 Å². The molecule has 6 nitrogen and oxygen atoms in total. The van der Waals surface area contributed by atoms with E-state index < -0.39 is 0 Å². The van der Waals surface area contributed by atoms with E-state index in [1.165, 1.54) is 0 Å². The minimum Gasteiger partial charge on any atom is -0.376 e. The monoisotopic (exact) mass is 385 g/mol. The van der Waals surface area contributed by atoms with Crippen LogP contribution in [0.4, 0.5) is 5.69 Å². The van der Waals surface area contributed by atoms with Gasteiger partial charge in [0.2, 0.25) is 11.8 Å². The number of carbonyl (C=O) groups excluding carboxylic acids is 2. The normalized spacial score (nSPS) is 25.2. The van der Waals surface area contributed by atoms with E-state index >= 15 is 0 Å². The van der Waals surface area contributed by atoms with Crippen LogP contribution in [0.3, 0.4) is 0 Å². The average molecular weight is 386 g/mol. The summed E-state index contributed by atoms with van der Waals surface area (Å²) in [4.78, 5) is 29.0. The second-order valence-corrected chi connectivity index (χ2v) is 8.60. The Hall–Kier alpha value is -1.92. The molecule has 3 saturated heterocycles. The van der Waals surface area contributed by atoms with E-state index in [0.29, 0.717) is 13.0 Å². The number of nitrogens with one attached hydrogen (secondary N) is 1. The lowest BCUT2D eigenvalue weighted by Gasteiger charge is -2.47. The van der Waals surface area contributed by atoms with Crippen LogP contribution in [-0.2, 0) is 14.3 Å². The highest BCUT2D eigenvalue weighted by Crippen LogP contribution is 2.40. The number of rotatable bonds is 5. The zero-order valence-electron chi connectivity index (χ0n) is 16.6. The van der Waals surface area contributed by atoms with Crippen molar-refractivity contribution in [2.24, 2.45) is 5.41 Å². The summed E-state index contributed by atoms with van der Waals surface area (Å²) in [5.41, 5.74) is 1.07. The molecule has 1 unspecified atom stereocenters. The number of ether oxygens (including phenoxy) is 1. The molecule has 152 valence electrons. The first-order valence-corrected chi connectivity index (χ1v) is 10.6. The van der Waals surface area contributed by atoms with Crippen LogP contribution in [0, 0.1) is 5.41 Å². The van der Waals surface area contributed by atoms with Gasteiger partial charge in [0.15, 0.2) is 0 Å². The highest BCUT2D eigenvalue weighted by Gasteiger charge is 2.41. The molecule has 2 amide bonds. The summed E-state index contributed by atoms with van der Waals surface area (Å²) in [6, 6.07) is 9.60. The first-order valence-electron chi connectivity index (χ1n) is 10.6. The number of anilines is 1. The van der Waals surface area contributed by atoms with Gasteiger partial charge in [-0.05, 0) is 62.7 Å². The number of piperidine rings is 2. The molecule has 1 N–H and O–H groups in total. The summed E-state index contributed by atoms with van der Waals surface area (Å²) >= 11 is 0. The van der Waals surface area contributed by atoms with E-state index in [4.69, 9.17) is 4.74 Å². The third-order valence-electron chi connectivity index (χ3n) is 6.54. The van der Waals surface area contributed by atoms with Crippen LogP contribution >= 0.6 is 0 Å². The first-order chi connectivity index (χ1) is 13.6. The number of nitrogens with zero attached hydrogens (tertiary/aromatic N) is 2. The number of carbonyl (C=O) groups is 2. The van der Waals surface area contributed by atoms with Crippen molar-refractivity contribution in [1.82, 2.24) is 9.80 Å². The Kier molecular flexibility index (Phi) is 5.97. The van der Waals surface area contributed by atoms with E-state index in [1.807, 2.05) is 30.3 Å². The maximum absolute atomic E-state index is 12.4. The lowest BCUT2D eigenvalue weighted by molar-refractivity contribution is -0.141. The average Bonchev–Trinajstić information content (AvgIpc) is 3.21. The van der Waals surface area contributed by atoms with Gasteiger partial charge in [0.25, 0.3) is 0 Å². The highest BCUT2D eigenvalue weighted by atomic mass is 16.5. The van der Waals surface area contributed by atoms with Crippen molar-refractivity contribution < 1.29 is 14.3 Å². The second kappa shape index (κ2) is 8.62.